The number of thioether (sulfide) groups is 1. The highest BCUT2D eigenvalue weighted by molar-refractivity contribution is 7.99. The number of rotatable bonds is 2. The predicted molar refractivity (Wildman–Crippen MR) is 87.6 cm³/mol. The third kappa shape index (κ3) is 1.80. The quantitative estimate of drug-likeness (QED) is 0.587. The van der Waals surface area contributed by atoms with E-state index in [1.165, 1.54) is 0 Å². The lowest BCUT2D eigenvalue weighted by atomic mass is 10.1. The lowest BCUT2D eigenvalue weighted by molar-refractivity contribution is 0.415. The molecule has 0 radical (unpaired) electrons. The van der Waals surface area contributed by atoms with Crippen LogP contribution in [-0.2, 0) is 0 Å². The minimum Gasteiger partial charge on any atom is -0.497 e. The summed E-state index contributed by atoms with van der Waals surface area (Å²) in [5.41, 5.74) is 6.02. The molecule has 5 rings (SSSR count). The molecule has 4 aromatic rings. The average molecular weight is 340 g/mol. The second kappa shape index (κ2) is 4.81. The van der Waals surface area contributed by atoms with Crippen molar-refractivity contribution in [1.82, 2.24) is 34.9 Å². The first kappa shape index (κ1) is 13.5. The molecule has 1 N–H and O–H groups in total. The Kier molecular flexibility index (Phi) is 2.71. The minimum absolute atomic E-state index is 0.0432. The summed E-state index contributed by atoms with van der Waals surface area (Å²) < 4.78 is 8.96. The minimum atomic E-state index is -0.0432. The monoisotopic (exact) mass is 340 g/mol. The first-order valence-corrected chi connectivity index (χ1v) is 8.16. The van der Waals surface area contributed by atoms with Crippen molar-refractivity contribution in [2.75, 3.05) is 12.5 Å². The van der Waals surface area contributed by atoms with E-state index in [0.29, 0.717) is 5.65 Å². The number of hydrogen-bond donors (Lipinski definition) is 1. The number of methoxy groups -OCH3 is 1. The van der Waals surface area contributed by atoms with Crippen LogP contribution < -0.4 is 10.2 Å². The smallest absolute Gasteiger partial charge is 0.212 e. The van der Waals surface area contributed by atoms with Gasteiger partial charge in [-0.3, -0.25) is 0 Å². The second-order valence-corrected chi connectivity index (χ2v) is 6.50. The van der Waals surface area contributed by atoms with Crippen LogP contribution in [0.15, 0.2) is 29.4 Å². The SMILES string of the molecule is COc1ccc2c(c1)cc(C1Nn3c(C)nnc3S1)c1nnnn12. The van der Waals surface area contributed by atoms with Gasteiger partial charge in [-0.1, -0.05) is 11.8 Å². The Hall–Kier alpha value is -2.88. The molecule has 0 saturated heterocycles. The molecule has 0 amide bonds. The molecule has 1 aromatic carbocycles. The van der Waals surface area contributed by atoms with Gasteiger partial charge in [0.25, 0.3) is 0 Å². The largest absolute Gasteiger partial charge is 0.497 e. The molecule has 1 aliphatic heterocycles. The van der Waals surface area contributed by atoms with Crippen molar-refractivity contribution in [2.24, 2.45) is 0 Å². The molecule has 0 fully saturated rings. The van der Waals surface area contributed by atoms with Gasteiger partial charge in [0.2, 0.25) is 5.16 Å². The number of nitrogens with zero attached hydrogens (tertiary/aromatic N) is 7. The molecule has 9 nitrogen and oxygen atoms in total. The number of benzene rings is 1. The van der Waals surface area contributed by atoms with Crippen LogP contribution >= 0.6 is 11.8 Å². The van der Waals surface area contributed by atoms with E-state index < -0.39 is 0 Å². The Morgan fingerprint density at radius 2 is 2.12 bits per heavy atom. The maximum Gasteiger partial charge on any atom is 0.212 e. The normalized spacial score (nSPS) is 16.5. The molecule has 24 heavy (non-hydrogen) atoms. The number of tetrazole rings is 1. The van der Waals surface area contributed by atoms with Crippen LogP contribution in [0, 0.1) is 6.92 Å². The maximum atomic E-state index is 5.33. The van der Waals surface area contributed by atoms with E-state index in [1.54, 1.807) is 23.4 Å². The van der Waals surface area contributed by atoms with Crippen LogP contribution in [0.2, 0.25) is 0 Å². The highest BCUT2D eigenvalue weighted by atomic mass is 32.2. The van der Waals surface area contributed by atoms with E-state index in [-0.39, 0.29) is 5.37 Å². The summed E-state index contributed by atoms with van der Waals surface area (Å²) in [7, 11) is 1.65. The van der Waals surface area contributed by atoms with Crippen molar-refractivity contribution in [3.8, 4) is 5.75 Å². The van der Waals surface area contributed by atoms with Gasteiger partial charge in [0.05, 0.1) is 12.6 Å². The lowest BCUT2D eigenvalue weighted by Gasteiger charge is -2.13. The number of aryl methyl sites for hydroxylation is 1. The van der Waals surface area contributed by atoms with Crippen LogP contribution in [0.3, 0.4) is 0 Å². The summed E-state index contributed by atoms with van der Waals surface area (Å²) in [4.78, 5) is 0. The van der Waals surface area contributed by atoms with Gasteiger partial charge in [0.1, 0.15) is 16.9 Å². The summed E-state index contributed by atoms with van der Waals surface area (Å²) in [5.74, 6) is 1.61. The molecular weight excluding hydrogens is 328 g/mol. The van der Waals surface area contributed by atoms with Crippen LogP contribution in [0.5, 0.6) is 5.75 Å². The molecule has 3 aromatic heterocycles. The fourth-order valence-electron chi connectivity index (χ4n) is 2.87. The number of fused-ring (bicyclic) bond motifs is 4. The molecule has 4 heterocycles. The van der Waals surface area contributed by atoms with Crippen molar-refractivity contribution in [2.45, 2.75) is 17.5 Å². The molecule has 120 valence electrons. The molecule has 1 atom stereocenters. The summed E-state index contributed by atoms with van der Waals surface area (Å²) >= 11 is 1.58. The van der Waals surface area contributed by atoms with Gasteiger partial charge in [-0.2, -0.15) is 4.52 Å². The summed E-state index contributed by atoms with van der Waals surface area (Å²) in [6.07, 6.45) is 0. The number of ether oxygens (including phenoxy) is 1. The van der Waals surface area contributed by atoms with E-state index in [0.717, 1.165) is 33.2 Å². The lowest BCUT2D eigenvalue weighted by Crippen LogP contribution is -2.15. The van der Waals surface area contributed by atoms with Crippen LogP contribution in [0.1, 0.15) is 16.8 Å². The van der Waals surface area contributed by atoms with Gasteiger partial charge in [0, 0.05) is 10.9 Å². The molecule has 10 heteroatoms. The zero-order valence-corrected chi connectivity index (χ0v) is 13.7. The van der Waals surface area contributed by atoms with Crippen LogP contribution in [-0.4, -0.2) is 42.0 Å². The maximum absolute atomic E-state index is 5.33. The van der Waals surface area contributed by atoms with Gasteiger partial charge < -0.3 is 10.2 Å². The van der Waals surface area contributed by atoms with E-state index in [4.69, 9.17) is 4.74 Å². The molecule has 1 aliphatic rings. The highest BCUT2D eigenvalue weighted by Gasteiger charge is 2.29. The van der Waals surface area contributed by atoms with E-state index in [2.05, 4.69) is 37.2 Å². The Bertz CT molecular complexity index is 1090. The van der Waals surface area contributed by atoms with Crippen molar-refractivity contribution < 1.29 is 4.74 Å². The van der Waals surface area contributed by atoms with Crippen LogP contribution in [0.4, 0.5) is 0 Å². The molecular formula is C14H12N8OS. The van der Waals surface area contributed by atoms with Crippen molar-refractivity contribution >= 4 is 28.3 Å². The zero-order chi connectivity index (χ0) is 16.3. The van der Waals surface area contributed by atoms with E-state index >= 15 is 0 Å². The fraction of sp³-hybridized carbons (Fsp3) is 0.214. The number of hydrogen-bond acceptors (Lipinski definition) is 8. The first-order chi connectivity index (χ1) is 11.7. The Morgan fingerprint density at radius 1 is 1.21 bits per heavy atom. The van der Waals surface area contributed by atoms with E-state index in [1.807, 2.05) is 29.8 Å². The van der Waals surface area contributed by atoms with E-state index in [9.17, 15) is 0 Å². The topological polar surface area (TPSA) is 95.0 Å². The summed E-state index contributed by atoms with van der Waals surface area (Å²) in [6.45, 7) is 1.91. The van der Waals surface area contributed by atoms with Crippen LogP contribution in [0.25, 0.3) is 16.6 Å². The fourth-order valence-corrected chi connectivity index (χ4v) is 3.92. The Morgan fingerprint density at radius 3 is 2.96 bits per heavy atom. The Balaban J connectivity index is 1.71. The van der Waals surface area contributed by atoms with Crippen molar-refractivity contribution in [3.05, 3.63) is 35.7 Å². The molecule has 0 spiro atoms. The van der Waals surface area contributed by atoms with Crippen molar-refractivity contribution in [1.29, 1.82) is 0 Å². The molecule has 0 saturated carbocycles. The number of aromatic nitrogens is 7. The van der Waals surface area contributed by atoms with Crippen molar-refractivity contribution in [3.63, 3.8) is 0 Å². The first-order valence-electron chi connectivity index (χ1n) is 7.28. The Labute approximate surface area is 140 Å². The third-order valence-corrected chi connectivity index (χ3v) is 5.12. The highest BCUT2D eigenvalue weighted by Crippen LogP contribution is 2.40. The molecule has 0 bridgehead atoms. The summed E-state index contributed by atoms with van der Waals surface area (Å²) in [6, 6.07) is 7.92. The van der Waals surface area contributed by atoms with Gasteiger partial charge >= 0.3 is 0 Å². The standard InChI is InChI=1S/C14H12N8OS/c1-7-15-17-14-21(7)18-13(24-14)10-6-8-5-9(23-2)3-4-11(8)22-12(10)16-19-20-22/h3-6,13,18H,1-2H3. The second-order valence-electron chi connectivity index (χ2n) is 5.43. The zero-order valence-electron chi connectivity index (χ0n) is 12.8. The van der Waals surface area contributed by atoms with Gasteiger partial charge in [-0.15, -0.1) is 15.3 Å². The summed E-state index contributed by atoms with van der Waals surface area (Å²) in [5, 5.41) is 22.2. The number of nitrogens with one attached hydrogen (secondary N) is 1. The van der Waals surface area contributed by atoms with Gasteiger partial charge in [0.15, 0.2) is 5.65 Å². The van der Waals surface area contributed by atoms with Gasteiger partial charge in [-0.25, -0.2) is 4.68 Å². The third-order valence-electron chi connectivity index (χ3n) is 4.05. The number of pyridine rings is 1. The average Bonchev–Trinajstić information content (AvgIpc) is 3.31. The van der Waals surface area contributed by atoms with Gasteiger partial charge in [-0.05, 0) is 41.6 Å². The molecule has 0 aliphatic carbocycles. The molecule has 1 unspecified atom stereocenters. The predicted octanol–water partition coefficient (Wildman–Crippen LogP) is 1.53.